The van der Waals surface area contributed by atoms with Crippen molar-refractivity contribution in [1.29, 1.82) is 0 Å². The van der Waals surface area contributed by atoms with Crippen molar-refractivity contribution in [2.75, 3.05) is 6.54 Å². The molecule has 0 spiro atoms. The van der Waals surface area contributed by atoms with Crippen molar-refractivity contribution >= 4 is 5.91 Å². The van der Waals surface area contributed by atoms with E-state index in [9.17, 15) is 9.18 Å². The van der Waals surface area contributed by atoms with Gasteiger partial charge >= 0.3 is 0 Å². The van der Waals surface area contributed by atoms with Gasteiger partial charge in [-0.3, -0.25) is 9.89 Å². The lowest BCUT2D eigenvalue weighted by Gasteiger charge is -2.27. The van der Waals surface area contributed by atoms with E-state index in [1.807, 2.05) is 6.92 Å². The first-order valence-corrected chi connectivity index (χ1v) is 8.45. The standard InChI is InChI=1S/C19H18FN5O/c1-11-9-17(22-12(2)21-11)19(26)25-8-7-16-15(10-25)18(24-23-16)13-3-5-14(20)6-4-13/h3-6,9H,7-8,10H2,1-2H3,(H,23,24). The maximum absolute atomic E-state index is 13.2. The van der Waals surface area contributed by atoms with Gasteiger partial charge in [0, 0.05) is 35.5 Å². The Bertz CT molecular complexity index is 960. The number of nitrogens with zero attached hydrogens (tertiary/aromatic N) is 4. The van der Waals surface area contributed by atoms with Gasteiger partial charge in [-0.05, 0) is 44.2 Å². The zero-order chi connectivity index (χ0) is 18.3. The van der Waals surface area contributed by atoms with Crippen LogP contribution >= 0.6 is 0 Å². The topological polar surface area (TPSA) is 74.8 Å². The lowest BCUT2D eigenvalue weighted by atomic mass is 10.0. The third-order valence-corrected chi connectivity index (χ3v) is 4.52. The van der Waals surface area contributed by atoms with Crippen LogP contribution in [0.2, 0.25) is 0 Å². The molecule has 132 valence electrons. The summed E-state index contributed by atoms with van der Waals surface area (Å²) in [5.74, 6) is 0.182. The van der Waals surface area contributed by atoms with E-state index >= 15 is 0 Å². The first-order chi connectivity index (χ1) is 12.5. The Kier molecular flexibility index (Phi) is 3.99. The molecule has 0 aliphatic carbocycles. The molecule has 7 heteroatoms. The minimum Gasteiger partial charge on any atom is -0.332 e. The number of amides is 1. The number of hydrogen-bond donors (Lipinski definition) is 1. The number of carbonyl (C=O) groups excluding carboxylic acids is 1. The Hall–Kier alpha value is -3.09. The second kappa shape index (κ2) is 6.33. The predicted octanol–water partition coefficient (Wildman–Crippen LogP) is 2.82. The van der Waals surface area contributed by atoms with Gasteiger partial charge < -0.3 is 4.90 Å². The Morgan fingerprint density at radius 1 is 1.19 bits per heavy atom. The first-order valence-electron chi connectivity index (χ1n) is 8.45. The molecule has 0 atom stereocenters. The van der Waals surface area contributed by atoms with E-state index in [1.54, 1.807) is 30.0 Å². The summed E-state index contributed by atoms with van der Waals surface area (Å²) in [5, 5.41) is 7.43. The molecule has 1 amide bonds. The third-order valence-electron chi connectivity index (χ3n) is 4.52. The Balaban J connectivity index is 1.64. The highest BCUT2D eigenvalue weighted by atomic mass is 19.1. The van der Waals surface area contributed by atoms with E-state index < -0.39 is 0 Å². The van der Waals surface area contributed by atoms with Crippen LogP contribution in [0.15, 0.2) is 30.3 Å². The van der Waals surface area contributed by atoms with Crippen molar-refractivity contribution in [3.8, 4) is 11.3 Å². The fraction of sp³-hybridized carbons (Fsp3) is 0.263. The SMILES string of the molecule is Cc1cc(C(=O)N2CCc3[nH]nc(-c4ccc(F)cc4)c3C2)nc(C)n1. The first kappa shape index (κ1) is 16.4. The van der Waals surface area contributed by atoms with Crippen molar-refractivity contribution in [2.45, 2.75) is 26.8 Å². The molecule has 3 aromatic rings. The summed E-state index contributed by atoms with van der Waals surface area (Å²) in [6.45, 7) is 4.67. The number of benzene rings is 1. The van der Waals surface area contributed by atoms with Crippen LogP contribution in [-0.2, 0) is 13.0 Å². The summed E-state index contributed by atoms with van der Waals surface area (Å²) < 4.78 is 13.2. The number of aromatic amines is 1. The van der Waals surface area contributed by atoms with Gasteiger partial charge in [0.2, 0.25) is 0 Å². The van der Waals surface area contributed by atoms with Crippen LogP contribution in [0.3, 0.4) is 0 Å². The van der Waals surface area contributed by atoms with Crippen LogP contribution in [0.4, 0.5) is 4.39 Å². The smallest absolute Gasteiger partial charge is 0.272 e. The molecule has 0 saturated heterocycles. The molecule has 1 aliphatic rings. The summed E-state index contributed by atoms with van der Waals surface area (Å²) >= 11 is 0. The average Bonchev–Trinajstić information content (AvgIpc) is 3.04. The van der Waals surface area contributed by atoms with E-state index in [4.69, 9.17) is 0 Å². The molecule has 0 saturated carbocycles. The molecule has 0 radical (unpaired) electrons. The summed E-state index contributed by atoms with van der Waals surface area (Å²) in [7, 11) is 0. The van der Waals surface area contributed by atoms with E-state index in [-0.39, 0.29) is 11.7 Å². The lowest BCUT2D eigenvalue weighted by molar-refractivity contribution is 0.0728. The van der Waals surface area contributed by atoms with E-state index in [0.717, 1.165) is 28.2 Å². The number of carbonyl (C=O) groups is 1. The second-order valence-corrected chi connectivity index (χ2v) is 6.45. The molecule has 3 heterocycles. The fourth-order valence-electron chi connectivity index (χ4n) is 3.30. The average molecular weight is 351 g/mol. The minimum atomic E-state index is -0.288. The maximum atomic E-state index is 13.2. The highest BCUT2D eigenvalue weighted by Gasteiger charge is 2.27. The van der Waals surface area contributed by atoms with Crippen molar-refractivity contribution in [1.82, 2.24) is 25.1 Å². The molecule has 26 heavy (non-hydrogen) atoms. The highest BCUT2D eigenvalue weighted by Crippen LogP contribution is 2.29. The zero-order valence-electron chi connectivity index (χ0n) is 14.6. The molecule has 0 unspecified atom stereocenters. The molecule has 6 nitrogen and oxygen atoms in total. The number of nitrogens with one attached hydrogen (secondary N) is 1. The van der Waals surface area contributed by atoms with Crippen LogP contribution in [-0.4, -0.2) is 37.5 Å². The number of H-pyrrole nitrogens is 1. The molecule has 1 aromatic carbocycles. The van der Waals surface area contributed by atoms with Gasteiger partial charge in [0.15, 0.2) is 0 Å². The van der Waals surface area contributed by atoms with Gasteiger partial charge in [-0.15, -0.1) is 0 Å². The molecule has 1 aliphatic heterocycles. The normalized spacial score (nSPS) is 13.6. The molecule has 2 aromatic heterocycles. The van der Waals surface area contributed by atoms with Crippen molar-refractivity contribution < 1.29 is 9.18 Å². The van der Waals surface area contributed by atoms with Crippen molar-refractivity contribution in [3.63, 3.8) is 0 Å². The van der Waals surface area contributed by atoms with Crippen LogP contribution in [0.1, 0.15) is 33.3 Å². The van der Waals surface area contributed by atoms with Gasteiger partial charge in [0.1, 0.15) is 17.3 Å². The van der Waals surface area contributed by atoms with Gasteiger partial charge in [-0.1, -0.05) is 0 Å². The summed E-state index contributed by atoms with van der Waals surface area (Å²) in [6.07, 6.45) is 0.693. The van der Waals surface area contributed by atoms with Gasteiger partial charge in [0.25, 0.3) is 5.91 Å². The fourth-order valence-corrected chi connectivity index (χ4v) is 3.30. The van der Waals surface area contributed by atoms with E-state index in [2.05, 4.69) is 20.2 Å². The van der Waals surface area contributed by atoms with Crippen LogP contribution in [0.25, 0.3) is 11.3 Å². The van der Waals surface area contributed by atoms with E-state index in [0.29, 0.717) is 31.0 Å². The Morgan fingerprint density at radius 2 is 1.96 bits per heavy atom. The van der Waals surface area contributed by atoms with E-state index in [1.165, 1.54) is 12.1 Å². The number of halogens is 1. The second-order valence-electron chi connectivity index (χ2n) is 6.45. The Labute approximate surface area is 150 Å². The summed E-state index contributed by atoms with van der Waals surface area (Å²) in [5.41, 5.74) is 4.75. The quantitative estimate of drug-likeness (QED) is 0.770. The van der Waals surface area contributed by atoms with Crippen LogP contribution in [0.5, 0.6) is 0 Å². The van der Waals surface area contributed by atoms with Crippen LogP contribution in [0, 0.1) is 19.7 Å². The van der Waals surface area contributed by atoms with Crippen LogP contribution < -0.4 is 0 Å². The number of aromatic nitrogens is 4. The molecule has 0 bridgehead atoms. The Morgan fingerprint density at radius 3 is 2.69 bits per heavy atom. The molecule has 4 rings (SSSR count). The maximum Gasteiger partial charge on any atom is 0.272 e. The molecule has 0 fully saturated rings. The predicted molar refractivity (Wildman–Crippen MR) is 93.9 cm³/mol. The molecular weight excluding hydrogens is 333 g/mol. The largest absolute Gasteiger partial charge is 0.332 e. The summed E-state index contributed by atoms with van der Waals surface area (Å²) in [4.78, 5) is 23.2. The number of hydrogen-bond acceptors (Lipinski definition) is 4. The summed E-state index contributed by atoms with van der Waals surface area (Å²) in [6, 6.07) is 7.93. The third kappa shape index (κ3) is 2.96. The zero-order valence-corrected chi connectivity index (χ0v) is 14.6. The van der Waals surface area contributed by atoms with Crippen molar-refractivity contribution in [3.05, 3.63) is 64.6 Å². The molecule has 1 N–H and O–H groups in total. The highest BCUT2D eigenvalue weighted by molar-refractivity contribution is 5.92. The van der Waals surface area contributed by atoms with Gasteiger partial charge in [0.05, 0.1) is 12.2 Å². The number of fused-ring (bicyclic) bond motifs is 1. The van der Waals surface area contributed by atoms with Crippen molar-refractivity contribution in [2.24, 2.45) is 0 Å². The lowest BCUT2D eigenvalue weighted by Crippen LogP contribution is -2.36. The monoisotopic (exact) mass is 351 g/mol. The molecular formula is C19H18FN5O. The number of rotatable bonds is 2. The minimum absolute atomic E-state index is 0.115. The van der Waals surface area contributed by atoms with Gasteiger partial charge in [-0.2, -0.15) is 5.10 Å². The number of aryl methyl sites for hydroxylation is 2. The van der Waals surface area contributed by atoms with Gasteiger partial charge in [-0.25, -0.2) is 14.4 Å².